The summed E-state index contributed by atoms with van der Waals surface area (Å²) < 4.78 is 0. The summed E-state index contributed by atoms with van der Waals surface area (Å²) in [5, 5.41) is 8.88. The molecule has 1 N–H and O–H groups in total. The van der Waals surface area contributed by atoms with Crippen molar-refractivity contribution in [3.05, 3.63) is 0 Å². The Bertz CT molecular complexity index is 307. The van der Waals surface area contributed by atoms with E-state index in [9.17, 15) is 9.59 Å². The number of hydrogen-bond acceptors (Lipinski definition) is 3. The highest BCUT2D eigenvalue weighted by molar-refractivity contribution is 5.83. The first-order chi connectivity index (χ1) is 8.45. The number of carboxylic acids is 1. The van der Waals surface area contributed by atoms with E-state index in [1.165, 1.54) is 4.90 Å². The van der Waals surface area contributed by atoms with Gasteiger partial charge in [0.1, 0.15) is 6.54 Å². The van der Waals surface area contributed by atoms with E-state index < -0.39 is 5.97 Å². The molecule has 5 heteroatoms. The van der Waals surface area contributed by atoms with Gasteiger partial charge in [-0.1, -0.05) is 6.92 Å². The van der Waals surface area contributed by atoms with Gasteiger partial charge >= 0.3 is 5.97 Å². The first-order valence-corrected chi connectivity index (χ1v) is 6.71. The van der Waals surface area contributed by atoms with E-state index in [1.807, 2.05) is 13.8 Å². The lowest BCUT2D eigenvalue weighted by Crippen LogP contribution is -2.47. The molecule has 0 aromatic heterocycles. The lowest BCUT2D eigenvalue weighted by molar-refractivity contribution is -0.146. The Labute approximate surface area is 109 Å². The predicted molar refractivity (Wildman–Crippen MR) is 69.4 cm³/mol. The van der Waals surface area contributed by atoms with Gasteiger partial charge in [-0.25, -0.2) is 0 Å². The fraction of sp³-hybridized carbons (Fsp3) is 0.846. The van der Waals surface area contributed by atoms with E-state index in [4.69, 9.17) is 5.11 Å². The van der Waals surface area contributed by atoms with Gasteiger partial charge in [0.15, 0.2) is 0 Å². The molecule has 18 heavy (non-hydrogen) atoms. The van der Waals surface area contributed by atoms with E-state index in [0.717, 1.165) is 25.8 Å². The summed E-state index contributed by atoms with van der Waals surface area (Å²) in [6, 6.07) is 0.407. The van der Waals surface area contributed by atoms with Gasteiger partial charge in [-0.05, 0) is 39.7 Å². The third kappa shape index (κ3) is 3.98. The lowest BCUT2D eigenvalue weighted by atomic mass is 10.2. The Hall–Kier alpha value is -1.10. The molecule has 104 valence electrons. The van der Waals surface area contributed by atoms with Crippen LogP contribution in [0.15, 0.2) is 0 Å². The van der Waals surface area contributed by atoms with Gasteiger partial charge in [-0.3, -0.25) is 14.5 Å². The Kier molecular flexibility index (Phi) is 5.59. The molecule has 1 heterocycles. The average molecular weight is 256 g/mol. The first kappa shape index (κ1) is 15.0. The summed E-state index contributed by atoms with van der Waals surface area (Å²) in [6.07, 6.45) is 3.01. The lowest BCUT2D eigenvalue weighted by Gasteiger charge is -2.30. The van der Waals surface area contributed by atoms with Gasteiger partial charge in [0, 0.05) is 12.1 Å². The molecule has 2 atom stereocenters. The zero-order valence-electron chi connectivity index (χ0n) is 11.6. The second-order valence-electron chi connectivity index (χ2n) is 5.13. The molecule has 0 bridgehead atoms. The van der Waals surface area contributed by atoms with Gasteiger partial charge in [0.25, 0.3) is 0 Å². The van der Waals surface area contributed by atoms with Crippen molar-refractivity contribution in [1.29, 1.82) is 0 Å². The van der Waals surface area contributed by atoms with Crippen LogP contribution in [0.4, 0.5) is 0 Å². The van der Waals surface area contributed by atoms with Crippen molar-refractivity contribution in [1.82, 2.24) is 9.80 Å². The second kappa shape index (κ2) is 6.73. The number of amides is 1. The van der Waals surface area contributed by atoms with Gasteiger partial charge in [-0.2, -0.15) is 0 Å². The highest BCUT2D eigenvalue weighted by Gasteiger charge is 2.27. The Balaban J connectivity index is 2.60. The predicted octanol–water partition coefficient (Wildman–Crippen LogP) is 1.18. The maximum atomic E-state index is 12.2. The minimum Gasteiger partial charge on any atom is -0.480 e. The average Bonchev–Trinajstić information content (AvgIpc) is 2.70. The zero-order valence-corrected chi connectivity index (χ0v) is 11.6. The van der Waals surface area contributed by atoms with Crippen LogP contribution in [0.3, 0.4) is 0 Å². The van der Waals surface area contributed by atoms with Crippen molar-refractivity contribution < 1.29 is 14.7 Å². The molecule has 1 rings (SSSR count). The SMILES string of the molecule is CC[C@H](C)N(CC(=O)O)C(=O)CN1CCC[C@H]1C. The van der Waals surface area contributed by atoms with E-state index in [-0.39, 0.29) is 18.5 Å². The Morgan fingerprint density at radius 2 is 2.17 bits per heavy atom. The maximum absolute atomic E-state index is 12.2. The number of nitrogens with zero attached hydrogens (tertiary/aromatic N) is 2. The molecule has 1 fully saturated rings. The smallest absolute Gasteiger partial charge is 0.323 e. The number of carboxylic acid groups (broad SMARTS) is 1. The van der Waals surface area contributed by atoms with E-state index in [1.54, 1.807) is 0 Å². The van der Waals surface area contributed by atoms with Crippen LogP contribution in [0, 0.1) is 0 Å². The van der Waals surface area contributed by atoms with Crippen LogP contribution < -0.4 is 0 Å². The Morgan fingerprint density at radius 1 is 1.50 bits per heavy atom. The quantitative estimate of drug-likeness (QED) is 0.775. The van der Waals surface area contributed by atoms with Crippen molar-refractivity contribution in [2.75, 3.05) is 19.6 Å². The molecule has 1 aliphatic rings. The van der Waals surface area contributed by atoms with Crippen LogP contribution in [0.25, 0.3) is 0 Å². The molecule has 0 aromatic carbocycles. The van der Waals surface area contributed by atoms with Crippen molar-refractivity contribution in [3.63, 3.8) is 0 Å². The molecule has 5 nitrogen and oxygen atoms in total. The van der Waals surface area contributed by atoms with Crippen LogP contribution >= 0.6 is 0 Å². The van der Waals surface area contributed by atoms with E-state index in [2.05, 4.69) is 11.8 Å². The molecule has 1 aliphatic heterocycles. The van der Waals surface area contributed by atoms with Crippen LogP contribution in [0.5, 0.6) is 0 Å². The summed E-state index contributed by atoms with van der Waals surface area (Å²) in [5.74, 6) is -1.02. The minimum atomic E-state index is -0.946. The topological polar surface area (TPSA) is 60.9 Å². The number of hydrogen-bond donors (Lipinski definition) is 1. The molecular weight excluding hydrogens is 232 g/mol. The minimum absolute atomic E-state index is 0.0218. The molecule has 0 unspecified atom stereocenters. The van der Waals surface area contributed by atoms with Gasteiger partial charge in [0.05, 0.1) is 6.54 Å². The molecule has 0 spiro atoms. The fourth-order valence-corrected chi connectivity index (χ4v) is 2.35. The van der Waals surface area contributed by atoms with Crippen molar-refractivity contribution in [2.45, 2.75) is 52.1 Å². The van der Waals surface area contributed by atoms with Gasteiger partial charge in [0.2, 0.25) is 5.91 Å². The number of aliphatic carboxylic acids is 1. The highest BCUT2D eigenvalue weighted by atomic mass is 16.4. The summed E-state index contributed by atoms with van der Waals surface area (Å²) in [6.45, 7) is 7.06. The molecule has 0 saturated carbocycles. The van der Waals surface area contributed by atoms with Crippen LogP contribution in [-0.4, -0.2) is 58.5 Å². The maximum Gasteiger partial charge on any atom is 0.323 e. The van der Waals surface area contributed by atoms with Crippen molar-refractivity contribution >= 4 is 11.9 Å². The number of likely N-dealkylation sites (tertiary alicyclic amines) is 1. The third-order valence-electron chi connectivity index (χ3n) is 3.78. The molecule has 1 amide bonds. The Morgan fingerprint density at radius 3 is 2.61 bits per heavy atom. The van der Waals surface area contributed by atoms with Crippen LogP contribution in [-0.2, 0) is 9.59 Å². The third-order valence-corrected chi connectivity index (χ3v) is 3.78. The second-order valence-corrected chi connectivity index (χ2v) is 5.13. The number of carbonyl (C=O) groups is 2. The normalized spacial score (nSPS) is 21.8. The summed E-state index contributed by atoms with van der Waals surface area (Å²) in [7, 11) is 0. The van der Waals surface area contributed by atoms with Crippen LogP contribution in [0.1, 0.15) is 40.0 Å². The summed E-state index contributed by atoms with van der Waals surface area (Å²) >= 11 is 0. The summed E-state index contributed by atoms with van der Waals surface area (Å²) in [5.41, 5.74) is 0. The van der Waals surface area contributed by atoms with Gasteiger partial charge in [-0.15, -0.1) is 0 Å². The molecule has 0 aromatic rings. The standard InChI is InChI=1S/C13H24N2O3/c1-4-10(2)15(9-13(17)18)12(16)8-14-7-5-6-11(14)3/h10-11H,4-9H2,1-3H3,(H,17,18)/t10-,11+/m0/s1. The van der Waals surface area contributed by atoms with Crippen molar-refractivity contribution in [3.8, 4) is 0 Å². The first-order valence-electron chi connectivity index (χ1n) is 6.71. The van der Waals surface area contributed by atoms with E-state index >= 15 is 0 Å². The monoisotopic (exact) mass is 256 g/mol. The zero-order chi connectivity index (χ0) is 13.7. The molecular formula is C13H24N2O3. The summed E-state index contributed by atoms with van der Waals surface area (Å²) in [4.78, 5) is 26.6. The van der Waals surface area contributed by atoms with Crippen molar-refractivity contribution in [2.24, 2.45) is 0 Å². The molecule has 0 aliphatic carbocycles. The van der Waals surface area contributed by atoms with Gasteiger partial charge < -0.3 is 10.0 Å². The molecule has 1 saturated heterocycles. The number of rotatable bonds is 6. The van der Waals surface area contributed by atoms with Crippen LogP contribution in [0.2, 0.25) is 0 Å². The largest absolute Gasteiger partial charge is 0.480 e. The molecule has 0 radical (unpaired) electrons. The fourth-order valence-electron chi connectivity index (χ4n) is 2.35. The van der Waals surface area contributed by atoms with E-state index in [0.29, 0.717) is 12.6 Å². The number of carbonyl (C=O) groups excluding carboxylic acids is 1. The highest BCUT2D eigenvalue weighted by Crippen LogP contribution is 2.16.